The van der Waals surface area contributed by atoms with E-state index in [4.69, 9.17) is 4.74 Å². The molecule has 0 unspecified atom stereocenters. The largest absolute Gasteiger partial charge is 0.495 e. The predicted molar refractivity (Wildman–Crippen MR) is 126 cm³/mol. The Hall–Kier alpha value is -2.29. The van der Waals surface area contributed by atoms with Gasteiger partial charge in [0.25, 0.3) is 5.56 Å². The van der Waals surface area contributed by atoms with Gasteiger partial charge < -0.3 is 19.5 Å². The maximum Gasteiger partial charge on any atom is 0.251 e. The number of halogens is 1. The summed E-state index contributed by atoms with van der Waals surface area (Å²) in [6.45, 7) is 6.33. The second-order valence-electron chi connectivity index (χ2n) is 7.97. The van der Waals surface area contributed by atoms with Gasteiger partial charge in [-0.05, 0) is 67.0 Å². The molecule has 31 heavy (non-hydrogen) atoms. The molecule has 0 spiro atoms. The Morgan fingerprint density at radius 2 is 2.00 bits per heavy atom. The Morgan fingerprint density at radius 3 is 2.74 bits per heavy atom. The number of fused-ring (bicyclic) bond motifs is 1. The smallest absolute Gasteiger partial charge is 0.251 e. The second kappa shape index (κ2) is 9.89. The SMILES string of the molecule is COc1cnc2ccc(=O)n(CCN3CCC(NCc4ccc(Br)c(C)n4)CC3)c2c1. The van der Waals surface area contributed by atoms with Crippen LogP contribution in [0.2, 0.25) is 0 Å². The van der Waals surface area contributed by atoms with Crippen LogP contribution in [0.3, 0.4) is 0 Å². The molecular formula is C23H28BrN5O2. The zero-order valence-electron chi connectivity index (χ0n) is 18.0. The average Bonchev–Trinajstić information content (AvgIpc) is 2.79. The summed E-state index contributed by atoms with van der Waals surface area (Å²) < 4.78 is 8.14. The van der Waals surface area contributed by atoms with Crippen LogP contribution < -0.4 is 15.6 Å². The van der Waals surface area contributed by atoms with Crippen LogP contribution in [0.4, 0.5) is 0 Å². The Bertz CT molecular complexity index is 1110. The van der Waals surface area contributed by atoms with Gasteiger partial charge >= 0.3 is 0 Å². The summed E-state index contributed by atoms with van der Waals surface area (Å²) in [6, 6.07) is 9.86. The third-order valence-electron chi connectivity index (χ3n) is 5.93. The number of nitrogens with zero attached hydrogens (tertiary/aromatic N) is 4. The van der Waals surface area contributed by atoms with Crippen LogP contribution in [0.25, 0.3) is 11.0 Å². The first-order valence-electron chi connectivity index (χ1n) is 10.6. The fourth-order valence-electron chi connectivity index (χ4n) is 4.04. The van der Waals surface area contributed by atoms with Gasteiger partial charge in [0.1, 0.15) is 5.75 Å². The molecule has 164 valence electrons. The van der Waals surface area contributed by atoms with Crippen molar-refractivity contribution in [2.75, 3.05) is 26.7 Å². The van der Waals surface area contributed by atoms with E-state index in [0.29, 0.717) is 18.3 Å². The zero-order chi connectivity index (χ0) is 21.8. The molecule has 0 saturated carbocycles. The highest BCUT2D eigenvalue weighted by Gasteiger charge is 2.19. The lowest BCUT2D eigenvalue weighted by molar-refractivity contribution is 0.191. The number of piperidine rings is 1. The van der Waals surface area contributed by atoms with Crippen LogP contribution >= 0.6 is 15.9 Å². The summed E-state index contributed by atoms with van der Waals surface area (Å²) in [5.74, 6) is 0.661. The lowest BCUT2D eigenvalue weighted by atomic mass is 10.0. The van der Waals surface area contributed by atoms with E-state index in [1.165, 1.54) is 0 Å². The van der Waals surface area contributed by atoms with E-state index in [1.54, 1.807) is 30.0 Å². The van der Waals surface area contributed by atoms with Crippen LogP contribution in [0.1, 0.15) is 24.2 Å². The summed E-state index contributed by atoms with van der Waals surface area (Å²) in [4.78, 5) is 23.9. The van der Waals surface area contributed by atoms with Gasteiger partial charge in [-0.1, -0.05) is 0 Å². The van der Waals surface area contributed by atoms with Crippen LogP contribution in [0.5, 0.6) is 5.75 Å². The molecule has 1 saturated heterocycles. The van der Waals surface area contributed by atoms with Crippen molar-refractivity contribution in [2.24, 2.45) is 0 Å². The van der Waals surface area contributed by atoms with Gasteiger partial charge in [-0.2, -0.15) is 0 Å². The lowest BCUT2D eigenvalue weighted by Gasteiger charge is -2.32. The number of hydrogen-bond donors (Lipinski definition) is 1. The first kappa shape index (κ1) is 21.9. The Kier molecular flexibility index (Phi) is 6.99. The van der Waals surface area contributed by atoms with E-state index in [1.807, 2.05) is 13.0 Å². The van der Waals surface area contributed by atoms with E-state index in [-0.39, 0.29) is 5.56 Å². The Morgan fingerprint density at radius 1 is 1.19 bits per heavy atom. The average molecular weight is 486 g/mol. The minimum atomic E-state index is -0.00334. The maximum atomic E-state index is 12.5. The van der Waals surface area contributed by atoms with Crippen molar-refractivity contribution in [2.45, 2.75) is 38.9 Å². The van der Waals surface area contributed by atoms with E-state index >= 15 is 0 Å². The fourth-order valence-corrected chi connectivity index (χ4v) is 4.26. The third kappa shape index (κ3) is 5.31. The summed E-state index contributed by atoms with van der Waals surface area (Å²) in [6.07, 6.45) is 3.87. The Labute approximate surface area is 190 Å². The molecule has 1 aliphatic rings. The van der Waals surface area contributed by atoms with Crippen LogP contribution in [-0.4, -0.2) is 52.2 Å². The van der Waals surface area contributed by atoms with Crippen molar-refractivity contribution >= 4 is 27.0 Å². The molecule has 8 heteroatoms. The number of likely N-dealkylation sites (tertiary alicyclic amines) is 1. The van der Waals surface area contributed by atoms with Crippen molar-refractivity contribution in [3.05, 3.63) is 62.7 Å². The van der Waals surface area contributed by atoms with E-state index in [2.05, 4.69) is 48.2 Å². The molecule has 0 amide bonds. The van der Waals surface area contributed by atoms with Gasteiger partial charge in [-0.15, -0.1) is 0 Å². The normalized spacial score (nSPS) is 15.5. The first-order valence-corrected chi connectivity index (χ1v) is 11.4. The van der Waals surface area contributed by atoms with Crippen molar-refractivity contribution in [3.8, 4) is 5.75 Å². The summed E-state index contributed by atoms with van der Waals surface area (Å²) in [5.41, 5.74) is 3.71. The number of aryl methyl sites for hydroxylation is 1. The molecule has 3 aromatic rings. The summed E-state index contributed by atoms with van der Waals surface area (Å²) >= 11 is 3.50. The zero-order valence-corrected chi connectivity index (χ0v) is 19.6. The fraction of sp³-hybridized carbons (Fsp3) is 0.435. The molecule has 0 aliphatic carbocycles. The molecule has 0 atom stereocenters. The number of ether oxygens (including phenoxy) is 1. The van der Waals surface area contributed by atoms with Gasteiger partial charge in [0.15, 0.2) is 0 Å². The predicted octanol–water partition coefficient (Wildman–Crippen LogP) is 3.13. The van der Waals surface area contributed by atoms with Gasteiger partial charge in [0, 0.05) is 42.3 Å². The second-order valence-corrected chi connectivity index (χ2v) is 8.82. The minimum Gasteiger partial charge on any atom is -0.495 e. The summed E-state index contributed by atoms with van der Waals surface area (Å²) in [7, 11) is 1.61. The van der Waals surface area contributed by atoms with Crippen molar-refractivity contribution in [3.63, 3.8) is 0 Å². The third-order valence-corrected chi connectivity index (χ3v) is 6.77. The highest BCUT2D eigenvalue weighted by molar-refractivity contribution is 9.10. The number of pyridine rings is 3. The molecule has 1 aliphatic heterocycles. The molecule has 0 aromatic carbocycles. The molecule has 0 bridgehead atoms. The maximum absolute atomic E-state index is 12.5. The molecule has 7 nitrogen and oxygen atoms in total. The first-order chi connectivity index (χ1) is 15.0. The van der Waals surface area contributed by atoms with Crippen LogP contribution in [0, 0.1) is 6.92 Å². The van der Waals surface area contributed by atoms with Crippen LogP contribution in [-0.2, 0) is 13.1 Å². The summed E-state index contributed by atoms with van der Waals surface area (Å²) in [5, 5.41) is 3.64. The van der Waals surface area contributed by atoms with Gasteiger partial charge in [0.05, 0.1) is 35.7 Å². The monoisotopic (exact) mass is 485 g/mol. The Balaban J connectivity index is 1.31. The molecular weight excluding hydrogens is 458 g/mol. The quantitative estimate of drug-likeness (QED) is 0.554. The lowest BCUT2D eigenvalue weighted by Crippen LogP contribution is -2.43. The number of methoxy groups -OCH3 is 1. The van der Waals surface area contributed by atoms with Gasteiger partial charge in [0.2, 0.25) is 0 Å². The van der Waals surface area contributed by atoms with E-state index < -0.39 is 0 Å². The number of rotatable bonds is 7. The number of nitrogens with one attached hydrogen (secondary N) is 1. The molecule has 4 heterocycles. The molecule has 1 N–H and O–H groups in total. The highest BCUT2D eigenvalue weighted by atomic mass is 79.9. The van der Waals surface area contributed by atoms with Gasteiger partial charge in [-0.25, -0.2) is 0 Å². The molecule has 3 aromatic heterocycles. The molecule has 1 fully saturated rings. The number of aromatic nitrogens is 3. The standard InChI is InChI=1S/C23H28BrN5O2/c1-16-20(24)4-3-18(27-16)14-25-17-7-9-28(10-8-17)11-12-29-22-13-19(31-2)15-26-21(22)5-6-23(29)30/h3-6,13,15,17,25H,7-12,14H2,1-2H3. The number of hydrogen-bond acceptors (Lipinski definition) is 6. The van der Waals surface area contributed by atoms with Gasteiger partial charge in [-0.3, -0.25) is 14.8 Å². The topological polar surface area (TPSA) is 72.3 Å². The van der Waals surface area contributed by atoms with E-state index in [0.717, 1.165) is 65.9 Å². The van der Waals surface area contributed by atoms with Crippen LogP contribution in [0.15, 0.2) is 45.8 Å². The van der Waals surface area contributed by atoms with E-state index in [9.17, 15) is 4.79 Å². The highest BCUT2D eigenvalue weighted by Crippen LogP contribution is 2.18. The van der Waals surface area contributed by atoms with Crippen molar-refractivity contribution < 1.29 is 4.74 Å². The van der Waals surface area contributed by atoms with Crippen molar-refractivity contribution in [1.29, 1.82) is 0 Å². The minimum absolute atomic E-state index is 0.00334. The van der Waals surface area contributed by atoms with Crippen molar-refractivity contribution in [1.82, 2.24) is 24.8 Å². The molecule has 0 radical (unpaired) electrons. The molecule has 4 rings (SSSR count).